The number of aromatic nitrogens is 1. The molecule has 0 atom stereocenters. The molecule has 7 nitrogen and oxygen atoms in total. The summed E-state index contributed by atoms with van der Waals surface area (Å²) in [7, 11) is 0. The molecule has 0 aliphatic carbocycles. The van der Waals surface area contributed by atoms with Gasteiger partial charge in [-0.25, -0.2) is 0 Å². The molecule has 0 fully saturated rings. The zero-order valence-corrected chi connectivity index (χ0v) is 13.3. The van der Waals surface area contributed by atoms with E-state index in [9.17, 15) is 9.59 Å². The van der Waals surface area contributed by atoms with Gasteiger partial charge in [-0.15, -0.1) is 0 Å². The Bertz CT molecular complexity index is 709. The van der Waals surface area contributed by atoms with E-state index in [1.807, 2.05) is 26.0 Å². The lowest BCUT2D eigenvalue weighted by Gasteiger charge is -2.08. The number of carbonyl (C=O) groups excluding carboxylic acids is 2. The highest BCUT2D eigenvalue weighted by atomic mass is 16.5. The van der Waals surface area contributed by atoms with Gasteiger partial charge in [-0.05, 0) is 44.0 Å². The van der Waals surface area contributed by atoms with E-state index in [4.69, 9.17) is 9.26 Å². The van der Waals surface area contributed by atoms with Crippen LogP contribution in [0.5, 0.6) is 5.75 Å². The van der Waals surface area contributed by atoms with E-state index in [1.54, 1.807) is 19.1 Å². The molecular formula is C16H19N3O4. The lowest BCUT2D eigenvalue weighted by molar-refractivity contribution is -0.125. The predicted octanol–water partition coefficient (Wildman–Crippen LogP) is 1.73. The zero-order chi connectivity index (χ0) is 16.8. The van der Waals surface area contributed by atoms with Crippen LogP contribution in [-0.4, -0.2) is 30.1 Å². The number of aryl methyl sites for hydroxylation is 3. The molecule has 1 aromatic carbocycles. The van der Waals surface area contributed by atoms with Gasteiger partial charge in [-0.1, -0.05) is 11.2 Å². The van der Waals surface area contributed by atoms with Gasteiger partial charge >= 0.3 is 0 Å². The topological polar surface area (TPSA) is 93.5 Å². The van der Waals surface area contributed by atoms with Crippen LogP contribution in [0, 0.1) is 20.8 Å². The molecule has 2 aromatic rings. The van der Waals surface area contributed by atoms with Crippen LogP contribution in [0.15, 0.2) is 28.8 Å². The second kappa shape index (κ2) is 7.44. The molecule has 2 amide bonds. The average Bonchev–Trinajstić information content (AvgIpc) is 2.91. The van der Waals surface area contributed by atoms with E-state index in [1.165, 1.54) is 0 Å². The summed E-state index contributed by atoms with van der Waals surface area (Å²) in [6.07, 6.45) is 0. The standard InChI is InChI=1S/C16H19N3O4/c1-10-4-5-13(6-11(10)2)22-9-16(21)17-8-15(20)18-14-7-12(3)23-19-14/h4-7H,8-9H2,1-3H3,(H,17,21)(H,18,19,20). The Kier molecular flexibility index (Phi) is 5.35. The van der Waals surface area contributed by atoms with Crippen LogP contribution >= 0.6 is 0 Å². The highest BCUT2D eigenvalue weighted by Gasteiger charge is 2.09. The van der Waals surface area contributed by atoms with E-state index in [2.05, 4.69) is 15.8 Å². The number of benzene rings is 1. The maximum Gasteiger partial charge on any atom is 0.258 e. The molecule has 0 saturated carbocycles. The van der Waals surface area contributed by atoms with E-state index in [0.717, 1.165) is 11.1 Å². The van der Waals surface area contributed by atoms with Crippen LogP contribution in [0.25, 0.3) is 0 Å². The third kappa shape index (κ3) is 5.14. The molecule has 23 heavy (non-hydrogen) atoms. The Morgan fingerprint density at radius 3 is 2.57 bits per heavy atom. The van der Waals surface area contributed by atoms with Crippen LogP contribution in [-0.2, 0) is 9.59 Å². The first-order valence-corrected chi connectivity index (χ1v) is 7.14. The number of hydrogen-bond acceptors (Lipinski definition) is 5. The molecule has 0 bridgehead atoms. The number of amides is 2. The molecule has 2 rings (SSSR count). The number of nitrogens with one attached hydrogen (secondary N) is 2. The summed E-state index contributed by atoms with van der Waals surface area (Å²) >= 11 is 0. The third-order valence-electron chi connectivity index (χ3n) is 3.19. The first-order chi connectivity index (χ1) is 10.9. The number of rotatable bonds is 6. The summed E-state index contributed by atoms with van der Waals surface area (Å²) in [5.41, 5.74) is 2.24. The van der Waals surface area contributed by atoms with Gasteiger partial charge in [0.15, 0.2) is 12.4 Å². The second-order valence-corrected chi connectivity index (χ2v) is 5.18. The molecule has 0 radical (unpaired) electrons. The van der Waals surface area contributed by atoms with Gasteiger partial charge < -0.3 is 19.9 Å². The minimum absolute atomic E-state index is 0.154. The Morgan fingerprint density at radius 2 is 1.91 bits per heavy atom. The lowest BCUT2D eigenvalue weighted by atomic mass is 10.1. The fourth-order valence-corrected chi connectivity index (χ4v) is 1.79. The molecule has 7 heteroatoms. The van der Waals surface area contributed by atoms with Gasteiger partial charge in [0.2, 0.25) is 5.91 Å². The predicted molar refractivity (Wildman–Crippen MR) is 84.3 cm³/mol. The average molecular weight is 317 g/mol. The maximum absolute atomic E-state index is 11.7. The van der Waals surface area contributed by atoms with E-state index < -0.39 is 5.91 Å². The lowest BCUT2D eigenvalue weighted by Crippen LogP contribution is -2.35. The molecule has 0 saturated heterocycles. The fraction of sp³-hybridized carbons (Fsp3) is 0.312. The molecule has 0 aliphatic heterocycles. The van der Waals surface area contributed by atoms with Gasteiger partial charge in [0.05, 0.1) is 6.54 Å². The molecule has 0 aliphatic rings. The number of carbonyl (C=O) groups is 2. The summed E-state index contributed by atoms with van der Waals surface area (Å²) in [4.78, 5) is 23.3. The Hall–Kier alpha value is -2.83. The van der Waals surface area contributed by atoms with Gasteiger partial charge in [-0.3, -0.25) is 9.59 Å². The van der Waals surface area contributed by atoms with E-state index >= 15 is 0 Å². The van der Waals surface area contributed by atoms with E-state index in [-0.39, 0.29) is 19.1 Å². The summed E-state index contributed by atoms with van der Waals surface area (Å²) in [5, 5.41) is 8.61. The monoisotopic (exact) mass is 317 g/mol. The molecule has 0 spiro atoms. The molecule has 1 heterocycles. The van der Waals surface area contributed by atoms with Crippen molar-refractivity contribution in [1.29, 1.82) is 0 Å². The van der Waals surface area contributed by atoms with Crippen molar-refractivity contribution in [3.63, 3.8) is 0 Å². The number of anilines is 1. The Morgan fingerprint density at radius 1 is 1.13 bits per heavy atom. The van der Waals surface area contributed by atoms with Gasteiger partial charge in [0.25, 0.3) is 5.91 Å². The van der Waals surface area contributed by atoms with Crippen molar-refractivity contribution in [1.82, 2.24) is 10.5 Å². The summed E-state index contributed by atoms with van der Waals surface area (Å²) in [6, 6.07) is 7.18. The van der Waals surface area contributed by atoms with Crippen LogP contribution in [0.3, 0.4) is 0 Å². The van der Waals surface area contributed by atoms with Gasteiger partial charge in [-0.2, -0.15) is 0 Å². The first kappa shape index (κ1) is 16.5. The quantitative estimate of drug-likeness (QED) is 0.846. The second-order valence-electron chi connectivity index (χ2n) is 5.18. The minimum Gasteiger partial charge on any atom is -0.484 e. The van der Waals surface area contributed by atoms with Gasteiger partial charge in [0.1, 0.15) is 11.5 Å². The number of nitrogens with zero attached hydrogens (tertiary/aromatic N) is 1. The summed E-state index contributed by atoms with van der Waals surface area (Å²) in [6.45, 7) is 5.37. The first-order valence-electron chi connectivity index (χ1n) is 7.14. The van der Waals surface area contributed by atoms with Crippen molar-refractivity contribution in [3.05, 3.63) is 41.2 Å². The highest BCUT2D eigenvalue weighted by molar-refractivity contribution is 5.93. The molecular weight excluding hydrogens is 298 g/mol. The van der Waals surface area contributed by atoms with Crippen LogP contribution in [0.2, 0.25) is 0 Å². The number of hydrogen-bond donors (Lipinski definition) is 2. The summed E-state index contributed by atoms with van der Waals surface area (Å²) < 4.78 is 10.2. The zero-order valence-electron chi connectivity index (χ0n) is 13.3. The normalized spacial score (nSPS) is 10.2. The van der Waals surface area contributed by atoms with Crippen molar-refractivity contribution in [2.75, 3.05) is 18.5 Å². The van der Waals surface area contributed by atoms with Crippen molar-refractivity contribution in [2.45, 2.75) is 20.8 Å². The van der Waals surface area contributed by atoms with E-state index in [0.29, 0.717) is 17.3 Å². The van der Waals surface area contributed by atoms with Crippen molar-refractivity contribution in [3.8, 4) is 5.75 Å². The van der Waals surface area contributed by atoms with Gasteiger partial charge in [0, 0.05) is 6.07 Å². The smallest absolute Gasteiger partial charge is 0.258 e. The Balaban J connectivity index is 1.72. The van der Waals surface area contributed by atoms with Crippen molar-refractivity contribution >= 4 is 17.6 Å². The Labute approximate surface area is 134 Å². The molecule has 2 N–H and O–H groups in total. The van der Waals surface area contributed by atoms with Crippen LogP contribution < -0.4 is 15.4 Å². The third-order valence-corrected chi connectivity index (χ3v) is 3.19. The van der Waals surface area contributed by atoms with Crippen molar-refractivity contribution in [2.24, 2.45) is 0 Å². The SMILES string of the molecule is Cc1cc(NC(=O)CNC(=O)COc2ccc(C)c(C)c2)no1. The highest BCUT2D eigenvalue weighted by Crippen LogP contribution is 2.16. The fourth-order valence-electron chi connectivity index (χ4n) is 1.79. The van der Waals surface area contributed by atoms with Crippen molar-refractivity contribution < 1.29 is 18.8 Å². The molecule has 122 valence electrons. The van der Waals surface area contributed by atoms with Crippen LogP contribution in [0.4, 0.5) is 5.82 Å². The largest absolute Gasteiger partial charge is 0.484 e. The maximum atomic E-state index is 11.7. The molecule has 0 unspecified atom stereocenters. The van der Waals surface area contributed by atoms with Crippen LogP contribution in [0.1, 0.15) is 16.9 Å². The summed E-state index contributed by atoms with van der Waals surface area (Å²) in [5.74, 6) is 0.748. The minimum atomic E-state index is -0.391. The molecule has 1 aromatic heterocycles. The number of ether oxygens (including phenoxy) is 1.